The fraction of sp³-hybridized carbons (Fsp3) is 0.333. The van der Waals surface area contributed by atoms with Crippen LogP contribution in [0.2, 0.25) is 0 Å². The zero-order valence-electron chi connectivity index (χ0n) is 19.2. The number of anilines is 1. The molecule has 2 atom stereocenters. The van der Waals surface area contributed by atoms with E-state index in [1.807, 2.05) is 0 Å². The maximum Gasteiger partial charge on any atom is 0.408 e. The normalized spacial score (nSPS) is 18.8. The lowest BCUT2D eigenvalue weighted by Gasteiger charge is -2.22. The number of amides is 2. The Hall–Kier alpha value is -3.94. The molecule has 14 heteroatoms. The molecular weight excluding hydrogens is 522 g/mol. The molecule has 1 aromatic carbocycles. The van der Waals surface area contributed by atoms with Gasteiger partial charge in [-0.3, -0.25) is 23.9 Å². The molecule has 2 fully saturated rings. The van der Waals surface area contributed by atoms with Crippen molar-refractivity contribution in [1.82, 2.24) is 14.9 Å². The molecule has 2 unspecified atom stereocenters. The topological polar surface area (TPSA) is 105 Å². The number of carbonyl (C=O) groups excluding carboxylic acids is 2. The van der Waals surface area contributed by atoms with Gasteiger partial charge in [0.25, 0.3) is 11.8 Å². The number of benzene rings is 1. The van der Waals surface area contributed by atoms with Crippen molar-refractivity contribution in [2.45, 2.75) is 37.6 Å². The first-order chi connectivity index (χ1) is 17.9. The molecule has 1 saturated carbocycles. The van der Waals surface area contributed by atoms with Gasteiger partial charge in [0, 0.05) is 31.3 Å². The predicted octanol–water partition coefficient (Wildman–Crippen LogP) is 2.97. The van der Waals surface area contributed by atoms with E-state index in [1.54, 1.807) is 5.32 Å². The molecule has 5 rings (SSSR count). The number of hydrogen-bond acceptors (Lipinski definition) is 5. The first-order valence-corrected chi connectivity index (χ1v) is 11.4. The smallest absolute Gasteiger partial charge is 0.383 e. The summed E-state index contributed by atoms with van der Waals surface area (Å²) < 4.78 is 84.3. The molecule has 0 bridgehead atoms. The third-order valence-corrected chi connectivity index (χ3v) is 6.49. The number of carbonyl (C=O) groups is 2. The van der Waals surface area contributed by atoms with Crippen LogP contribution in [0, 0.1) is 23.4 Å². The van der Waals surface area contributed by atoms with Gasteiger partial charge >= 0.3 is 6.18 Å². The van der Waals surface area contributed by atoms with Crippen LogP contribution in [0.3, 0.4) is 0 Å². The van der Waals surface area contributed by atoms with Crippen LogP contribution in [-0.4, -0.2) is 51.3 Å². The number of fused-ring (bicyclic) bond motifs is 1. The zero-order valence-corrected chi connectivity index (χ0v) is 19.2. The van der Waals surface area contributed by atoms with Crippen LogP contribution in [-0.2, 0) is 4.79 Å². The first kappa shape index (κ1) is 25.7. The van der Waals surface area contributed by atoms with Crippen molar-refractivity contribution in [3.8, 4) is 5.69 Å². The van der Waals surface area contributed by atoms with Crippen molar-refractivity contribution in [1.29, 1.82) is 0 Å². The Balaban J connectivity index is 1.70. The quantitative estimate of drug-likeness (QED) is 0.485. The van der Waals surface area contributed by atoms with E-state index in [4.69, 9.17) is 0 Å². The van der Waals surface area contributed by atoms with E-state index in [0.29, 0.717) is 22.9 Å². The standard InChI is InChI=1S/C24H18F6N4O4/c25-11-7-14(26)18(15(27)8-11)34-9-13(22(37)32-20(10-1-2-10)24(28,29)30)19(36)12-3-4-17(31-21(12)34)33-6-5-16(35)23(33)38/h3-4,7-10,16,20,35H,1-2,5-6H2,(H,32,37). The van der Waals surface area contributed by atoms with Crippen molar-refractivity contribution >= 4 is 28.7 Å². The van der Waals surface area contributed by atoms with Gasteiger partial charge in [-0.15, -0.1) is 0 Å². The van der Waals surface area contributed by atoms with Crippen molar-refractivity contribution in [3.05, 3.63) is 63.7 Å². The highest BCUT2D eigenvalue weighted by molar-refractivity contribution is 6.00. The number of aliphatic hydroxyl groups is 1. The summed E-state index contributed by atoms with van der Waals surface area (Å²) in [6.45, 7) is 0.0441. The van der Waals surface area contributed by atoms with E-state index in [0.717, 1.165) is 11.0 Å². The number of rotatable bonds is 5. The molecule has 1 saturated heterocycles. The highest BCUT2D eigenvalue weighted by Crippen LogP contribution is 2.40. The van der Waals surface area contributed by atoms with E-state index in [-0.39, 0.29) is 31.6 Å². The molecular formula is C24H18F6N4O4. The number of aliphatic hydroxyl groups excluding tert-OH is 1. The fourth-order valence-electron chi connectivity index (χ4n) is 4.45. The van der Waals surface area contributed by atoms with Gasteiger partial charge in [0.15, 0.2) is 17.3 Å². The Labute approximate surface area is 209 Å². The summed E-state index contributed by atoms with van der Waals surface area (Å²) in [6, 6.07) is 0.711. The van der Waals surface area contributed by atoms with Gasteiger partial charge in [-0.2, -0.15) is 13.2 Å². The third-order valence-electron chi connectivity index (χ3n) is 6.49. The third kappa shape index (κ3) is 4.48. The van der Waals surface area contributed by atoms with Crippen molar-refractivity contribution in [3.63, 3.8) is 0 Å². The molecule has 1 aliphatic carbocycles. The van der Waals surface area contributed by atoms with E-state index in [1.165, 1.54) is 6.07 Å². The lowest BCUT2D eigenvalue weighted by Crippen LogP contribution is -2.48. The van der Waals surface area contributed by atoms with Crippen molar-refractivity contribution in [2.24, 2.45) is 5.92 Å². The minimum absolute atomic E-state index is 0.0441. The molecule has 8 nitrogen and oxygen atoms in total. The van der Waals surface area contributed by atoms with Gasteiger partial charge in [-0.25, -0.2) is 18.2 Å². The van der Waals surface area contributed by atoms with Gasteiger partial charge in [0.1, 0.15) is 35.0 Å². The van der Waals surface area contributed by atoms with Crippen LogP contribution in [0.15, 0.2) is 35.3 Å². The Bertz CT molecular complexity index is 1510. The average Bonchev–Trinajstić information content (AvgIpc) is 3.61. The zero-order chi connectivity index (χ0) is 27.5. The summed E-state index contributed by atoms with van der Waals surface area (Å²) in [5.74, 6) is -7.28. The van der Waals surface area contributed by atoms with Crippen LogP contribution in [0.25, 0.3) is 16.7 Å². The number of pyridine rings is 2. The fourth-order valence-corrected chi connectivity index (χ4v) is 4.45. The molecule has 2 aliphatic rings. The molecule has 3 heterocycles. The highest BCUT2D eigenvalue weighted by Gasteiger charge is 2.50. The lowest BCUT2D eigenvalue weighted by atomic mass is 10.1. The maximum atomic E-state index is 14.8. The van der Waals surface area contributed by atoms with Gasteiger partial charge < -0.3 is 10.4 Å². The molecule has 2 N–H and O–H groups in total. The second kappa shape index (κ2) is 9.11. The highest BCUT2D eigenvalue weighted by atomic mass is 19.4. The molecule has 2 amide bonds. The summed E-state index contributed by atoms with van der Waals surface area (Å²) in [5, 5.41) is 11.1. The minimum Gasteiger partial charge on any atom is -0.383 e. The largest absolute Gasteiger partial charge is 0.408 e. The monoisotopic (exact) mass is 540 g/mol. The molecule has 1 aliphatic heterocycles. The Kier molecular flexibility index (Phi) is 6.16. The van der Waals surface area contributed by atoms with Gasteiger partial charge in [-0.05, 0) is 30.9 Å². The van der Waals surface area contributed by atoms with Crippen LogP contribution in [0.5, 0.6) is 0 Å². The van der Waals surface area contributed by atoms with E-state index >= 15 is 0 Å². The van der Waals surface area contributed by atoms with Gasteiger partial charge in [0.2, 0.25) is 5.43 Å². The van der Waals surface area contributed by atoms with Crippen LogP contribution >= 0.6 is 0 Å². The second-order valence-electron chi connectivity index (χ2n) is 9.13. The number of alkyl halides is 3. The molecule has 3 aromatic rings. The van der Waals surface area contributed by atoms with Crippen molar-refractivity contribution in [2.75, 3.05) is 11.4 Å². The van der Waals surface area contributed by atoms with Crippen LogP contribution in [0.1, 0.15) is 29.6 Å². The Morgan fingerprint density at radius 2 is 1.74 bits per heavy atom. The first-order valence-electron chi connectivity index (χ1n) is 11.4. The second-order valence-corrected chi connectivity index (χ2v) is 9.13. The van der Waals surface area contributed by atoms with Crippen LogP contribution in [0.4, 0.5) is 32.2 Å². The molecule has 0 radical (unpaired) electrons. The molecule has 200 valence electrons. The number of aromatic nitrogens is 2. The summed E-state index contributed by atoms with van der Waals surface area (Å²) >= 11 is 0. The minimum atomic E-state index is -4.80. The van der Waals surface area contributed by atoms with E-state index in [9.17, 15) is 45.8 Å². The summed E-state index contributed by atoms with van der Waals surface area (Å²) in [7, 11) is 0. The van der Waals surface area contributed by atoms with E-state index in [2.05, 4.69) is 4.98 Å². The van der Waals surface area contributed by atoms with Crippen LogP contribution < -0.4 is 15.6 Å². The Morgan fingerprint density at radius 3 is 2.29 bits per heavy atom. The number of halogens is 6. The van der Waals surface area contributed by atoms with Gasteiger partial charge in [-0.1, -0.05) is 0 Å². The average molecular weight is 540 g/mol. The predicted molar refractivity (Wildman–Crippen MR) is 120 cm³/mol. The SMILES string of the molecule is O=C(NC(C1CC1)C(F)(F)F)c1cn(-c2c(F)cc(F)cc2F)c2nc(N3CCC(O)C3=O)ccc2c1=O. The van der Waals surface area contributed by atoms with Gasteiger partial charge in [0.05, 0.1) is 5.39 Å². The summed E-state index contributed by atoms with van der Waals surface area (Å²) in [6.07, 6.45) is -4.97. The van der Waals surface area contributed by atoms with Crippen molar-refractivity contribution < 1.29 is 41.0 Å². The maximum absolute atomic E-state index is 14.8. The van der Waals surface area contributed by atoms with E-state index < -0.39 is 81.2 Å². The number of hydrogen-bond donors (Lipinski definition) is 2. The number of nitrogens with zero attached hydrogens (tertiary/aromatic N) is 3. The Morgan fingerprint density at radius 1 is 1.08 bits per heavy atom. The number of nitrogens with one attached hydrogen (secondary N) is 1. The molecule has 2 aromatic heterocycles. The molecule has 38 heavy (non-hydrogen) atoms. The summed E-state index contributed by atoms with van der Waals surface area (Å²) in [5.41, 5.74) is -3.37. The molecule has 0 spiro atoms. The summed E-state index contributed by atoms with van der Waals surface area (Å²) in [4.78, 5) is 43.5. The lowest BCUT2D eigenvalue weighted by molar-refractivity contribution is -0.158.